The van der Waals surface area contributed by atoms with Gasteiger partial charge in [0.1, 0.15) is 6.10 Å². The Hall–Kier alpha value is -0.650. The van der Waals surface area contributed by atoms with Gasteiger partial charge in [0.05, 0.1) is 12.0 Å². The van der Waals surface area contributed by atoms with Crippen molar-refractivity contribution in [3.63, 3.8) is 0 Å². The van der Waals surface area contributed by atoms with Crippen molar-refractivity contribution in [1.82, 2.24) is 4.98 Å². The molecule has 1 unspecified atom stereocenters. The number of rotatable bonds is 3. The Balaban J connectivity index is 2.71. The summed E-state index contributed by atoms with van der Waals surface area (Å²) in [5.74, 6) is 0. The molecule has 62 valence electrons. The second-order valence-electron chi connectivity index (χ2n) is 1.98. The van der Waals surface area contributed by atoms with Crippen molar-refractivity contribution < 1.29 is 9.84 Å². The molecule has 0 radical (unpaired) electrons. The van der Waals surface area contributed by atoms with E-state index in [0.717, 1.165) is 4.88 Å². The Labute approximate surface area is 68.6 Å². The third kappa shape index (κ3) is 1.89. The lowest BCUT2D eigenvalue weighted by atomic mass is 10.3. The first-order chi connectivity index (χ1) is 5.27. The van der Waals surface area contributed by atoms with Crippen LogP contribution in [0.1, 0.15) is 11.0 Å². The zero-order chi connectivity index (χ0) is 8.27. The SMILES string of the molecule is COc1ncc(C(O)CN)s1. The van der Waals surface area contributed by atoms with Gasteiger partial charge in [-0.3, -0.25) is 0 Å². The molecule has 0 spiro atoms. The Morgan fingerprint density at radius 2 is 2.64 bits per heavy atom. The number of nitrogens with zero attached hydrogens (tertiary/aromatic N) is 1. The van der Waals surface area contributed by atoms with Crippen LogP contribution in [0.4, 0.5) is 0 Å². The Kier molecular flexibility index (Phi) is 2.81. The lowest BCUT2D eigenvalue weighted by molar-refractivity contribution is 0.190. The van der Waals surface area contributed by atoms with E-state index in [2.05, 4.69) is 4.98 Å². The maximum Gasteiger partial charge on any atom is 0.273 e. The van der Waals surface area contributed by atoms with Crippen molar-refractivity contribution >= 4 is 11.3 Å². The van der Waals surface area contributed by atoms with E-state index in [1.54, 1.807) is 6.20 Å². The van der Waals surface area contributed by atoms with Crippen molar-refractivity contribution in [2.75, 3.05) is 13.7 Å². The first kappa shape index (κ1) is 8.45. The van der Waals surface area contributed by atoms with Crippen LogP contribution in [0, 0.1) is 0 Å². The molecule has 0 fully saturated rings. The highest BCUT2D eigenvalue weighted by molar-refractivity contribution is 7.13. The van der Waals surface area contributed by atoms with E-state index >= 15 is 0 Å². The van der Waals surface area contributed by atoms with E-state index in [1.807, 2.05) is 0 Å². The van der Waals surface area contributed by atoms with Crippen molar-refractivity contribution in [3.05, 3.63) is 11.1 Å². The van der Waals surface area contributed by atoms with Gasteiger partial charge in [-0.1, -0.05) is 11.3 Å². The molecule has 0 aliphatic carbocycles. The highest BCUT2D eigenvalue weighted by atomic mass is 32.1. The predicted molar refractivity (Wildman–Crippen MR) is 42.7 cm³/mol. The zero-order valence-electron chi connectivity index (χ0n) is 6.15. The van der Waals surface area contributed by atoms with Crippen LogP contribution in [0.25, 0.3) is 0 Å². The number of aliphatic hydroxyl groups is 1. The molecule has 0 saturated heterocycles. The summed E-state index contributed by atoms with van der Waals surface area (Å²) in [5, 5.41) is 9.78. The number of ether oxygens (including phenoxy) is 1. The second-order valence-corrected chi connectivity index (χ2v) is 3.01. The fourth-order valence-corrected chi connectivity index (χ4v) is 1.36. The van der Waals surface area contributed by atoms with Gasteiger partial charge in [0.2, 0.25) is 0 Å². The van der Waals surface area contributed by atoms with Gasteiger partial charge < -0.3 is 15.6 Å². The summed E-state index contributed by atoms with van der Waals surface area (Å²) < 4.78 is 4.84. The maximum absolute atomic E-state index is 9.23. The molecule has 0 amide bonds. The van der Waals surface area contributed by atoms with Crippen molar-refractivity contribution in [3.8, 4) is 5.19 Å². The van der Waals surface area contributed by atoms with Crippen molar-refractivity contribution in [2.24, 2.45) is 5.73 Å². The fourth-order valence-electron chi connectivity index (χ4n) is 0.634. The molecule has 0 aromatic carbocycles. The summed E-state index contributed by atoms with van der Waals surface area (Å²) in [4.78, 5) is 4.62. The van der Waals surface area contributed by atoms with E-state index in [-0.39, 0.29) is 6.54 Å². The normalized spacial score (nSPS) is 13.0. The molecule has 1 atom stereocenters. The molecule has 3 N–H and O–H groups in total. The zero-order valence-corrected chi connectivity index (χ0v) is 6.97. The third-order valence-corrected chi connectivity index (χ3v) is 2.29. The Morgan fingerprint density at radius 1 is 1.91 bits per heavy atom. The average molecular weight is 174 g/mol. The fraction of sp³-hybridized carbons (Fsp3) is 0.500. The van der Waals surface area contributed by atoms with E-state index in [1.165, 1.54) is 18.4 Å². The predicted octanol–water partition coefficient (Wildman–Crippen LogP) is 0.144. The lowest BCUT2D eigenvalue weighted by Crippen LogP contribution is -2.09. The monoisotopic (exact) mass is 174 g/mol. The quantitative estimate of drug-likeness (QED) is 0.684. The molecule has 4 nitrogen and oxygen atoms in total. The van der Waals surface area contributed by atoms with Gasteiger partial charge >= 0.3 is 0 Å². The molecule has 1 heterocycles. The summed E-state index contributed by atoms with van der Waals surface area (Å²) in [7, 11) is 1.54. The molecule has 0 saturated carbocycles. The minimum Gasteiger partial charge on any atom is -0.473 e. The largest absolute Gasteiger partial charge is 0.473 e. The van der Waals surface area contributed by atoms with Gasteiger partial charge in [0.15, 0.2) is 0 Å². The summed E-state index contributed by atoms with van der Waals surface area (Å²) in [6, 6.07) is 0. The van der Waals surface area contributed by atoms with Crippen LogP contribution >= 0.6 is 11.3 Å². The number of methoxy groups -OCH3 is 1. The van der Waals surface area contributed by atoms with Crippen molar-refractivity contribution in [1.29, 1.82) is 0 Å². The molecule has 0 aliphatic heterocycles. The molecule has 1 aromatic rings. The van der Waals surface area contributed by atoms with Gasteiger partial charge in [-0.15, -0.1) is 0 Å². The molecule has 1 rings (SSSR count). The van der Waals surface area contributed by atoms with Crippen LogP contribution in [0.15, 0.2) is 6.20 Å². The van der Waals surface area contributed by atoms with Gasteiger partial charge in [-0.25, -0.2) is 4.98 Å². The van der Waals surface area contributed by atoms with Crippen LogP contribution in [0.3, 0.4) is 0 Å². The third-order valence-electron chi connectivity index (χ3n) is 1.23. The van der Waals surface area contributed by atoms with Crippen LogP contribution < -0.4 is 10.5 Å². The van der Waals surface area contributed by atoms with Crippen LogP contribution in [0.5, 0.6) is 5.19 Å². The molecule has 0 aliphatic rings. The Bertz CT molecular complexity index is 226. The highest BCUT2D eigenvalue weighted by Gasteiger charge is 2.09. The summed E-state index contributed by atoms with van der Waals surface area (Å²) in [5.41, 5.74) is 5.24. The van der Waals surface area contributed by atoms with Crippen molar-refractivity contribution in [2.45, 2.75) is 6.10 Å². The minimum absolute atomic E-state index is 0.214. The Morgan fingerprint density at radius 3 is 3.09 bits per heavy atom. The minimum atomic E-state index is -0.614. The highest BCUT2D eigenvalue weighted by Crippen LogP contribution is 2.24. The van der Waals surface area contributed by atoms with Gasteiger partial charge in [0, 0.05) is 12.7 Å². The first-order valence-corrected chi connectivity index (χ1v) is 3.97. The molecule has 1 aromatic heterocycles. The van der Waals surface area contributed by atoms with Gasteiger partial charge in [0.25, 0.3) is 5.19 Å². The number of hydrogen-bond acceptors (Lipinski definition) is 5. The molecular formula is C6H10N2O2S. The number of aromatic nitrogens is 1. The van der Waals surface area contributed by atoms with Crippen LogP contribution in [-0.4, -0.2) is 23.7 Å². The number of hydrogen-bond donors (Lipinski definition) is 2. The summed E-state index contributed by atoms with van der Waals surface area (Å²) in [6.07, 6.45) is 0.956. The topological polar surface area (TPSA) is 68.4 Å². The van der Waals surface area contributed by atoms with E-state index in [9.17, 15) is 5.11 Å². The molecular weight excluding hydrogens is 164 g/mol. The first-order valence-electron chi connectivity index (χ1n) is 3.15. The smallest absolute Gasteiger partial charge is 0.273 e. The maximum atomic E-state index is 9.23. The lowest BCUT2D eigenvalue weighted by Gasteiger charge is -2.00. The number of nitrogens with two attached hydrogens (primary N) is 1. The van der Waals surface area contributed by atoms with E-state index in [0.29, 0.717) is 5.19 Å². The average Bonchev–Trinajstić information content (AvgIpc) is 2.50. The van der Waals surface area contributed by atoms with E-state index in [4.69, 9.17) is 10.5 Å². The molecule has 0 bridgehead atoms. The van der Waals surface area contributed by atoms with E-state index < -0.39 is 6.10 Å². The second kappa shape index (κ2) is 3.66. The number of aliphatic hydroxyl groups excluding tert-OH is 1. The molecule has 11 heavy (non-hydrogen) atoms. The molecule has 5 heteroatoms. The summed E-state index contributed by atoms with van der Waals surface area (Å²) in [6.45, 7) is 0.214. The standard InChI is InChI=1S/C6H10N2O2S/c1-10-6-8-3-5(11-6)4(9)2-7/h3-4,9H,2,7H2,1H3. The summed E-state index contributed by atoms with van der Waals surface area (Å²) >= 11 is 1.30. The van der Waals surface area contributed by atoms with Crippen LogP contribution in [-0.2, 0) is 0 Å². The number of thiazole rings is 1. The van der Waals surface area contributed by atoms with Crippen LogP contribution in [0.2, 0.25) is 0 Å². The van der Waals surface area contributed by atoms with Gasteiger partial charge in [-0.2, -0.15) is 0 Å². The van der Waals surface area contributed by atoms with Gasteiger partial charge in [-0.05, 0) is 0 Å².